The number of likely N-dealkylation sites (tertiary alicyclic amines) is 1. The number of aliphatic hydroxyl groups is 1. The largest absolute Gasteiger partial charge is 0.412 e. The summed E-state index contributed by atoms with van der Waals surface area (Å²) in [5, 5.41) is 15.8. The van der Waals surface area contributed by atoms with Crippen LogP contribution in [0.4, 0.5) is 13.2 Å². The molecule has 162 valence electrons. The molecular formula is C19H19ClF3N3O4. The number of benzene rings is 1. The fourth-order valence-corrected chi connectivity index (χ4v) is 3.46. The highest BCUT2D eigenvalue weighted by molar-refractivity contribution is 6.30. The molecule has 1 fully saturated rings. The van der Waals surface area contributed by atoms with Crippen LogP contribution in [0.1, 0.15) is 29.5 Å². The Morgan fingerprint density at radius 2 is 2.03 bits per heavy atom. The molecule has 0 radical (unpaired) electrons. The van der Waals surface area contributed by atoms with Gasteiger partial charge in [-0.3, -0.25) is 9.59 Å². The summed E-state index contributed by atoms with van der Waals surface area (Å²) in [6.45, 7) is 1.50. The third kappa shape index (κ3) is 5.11. The molecule has 1 aromatic carbocycles. The number of halogens is 4. The average molecular weight is 446 g/mol. The van der Waals surface area contributed by atoms with Gasteiger partial charge in [-0.05, 0) is 24.6 Å². The predicted molar refractivity (Wildman–Crippen MR) is 99.5 cm³/mol. The van der Waals surface area contributed by atoms with Gasteiger partial charge in [-0.2, -0.15) is 13.2 Å². The minimum atomic E-state index is -4.77. The normalized spacial score (nSPS) is 20.3. The SMILES string of the molecule is Cc1cc(CC(=O)N2CC(O)CC2C(=O)NC(c2ccc(Cl)cc2)C(F)(F)F)on1. The second-order valence-electron chi connectivity index (χ2n) is 7.10. The molecule has 0 spiro atoms. The van der Waals surface area contributed by atoms with E-state index in [0.717, 1.165) is 4.90 Å². The van der Waals surface area contributed by atoms with Crippen LogP contribution in [0.3, 0.4) is 0 Å². The fourth-order valence-electron chi connectivity index (χ4n) is 3.34. The Balaban J connectivity index is 1.76. The monoisotopic (exact) mass is 445 g/mol. The summed E-state index contributed by atoms with van der Waals surface area (Å²) in [6, 6.07) is 2.92. The number of hydrogen-bond donors (Lipinski definition) is 2. The molecule has 2 N–H and O–H groups in total. The van der Waals surface area contributed by atoms with Crippen molar-refractivity contribution in [3.05, 3.63) is 52.4 Å². The van der Waals surface area contributed by atoms with Crippen LogP contribution < -0.4 is 5.32 Å². The van der Waals surface area contributed by atoms with E-state index in [0.29, 0.717) is 5.69 Å². The zero-order valence-electron chi connectivity index (χ0n) is 15.8. The number of amides is 2. The van der Waals surface area contributed by atoms with Gasteiger partial charge in [0.1, 0.15) is 11.8 Å². The molecule has 7 nitrogen and oxygen atoms in total. The van der Waals surface area contributed by atoms with Gasteiger partial charge in [0.2, 0.25) is 11.8 Å². The molecule has 2 heterocycles. The van der Waals surface area contributed by atoms with Gasteiger partial charge < -0.3 is 19.8 Å². The second kappa shape index (κ2) is 8.65. The lowest BCUT2D eigenvalue weighted by molar-refractivity contribution is -0.165. The van der Waals surface area contributed by atoms with E-state index >= 15 is 0 Å². The highest BCUT2D eigenvalue weighted by Crippen LogP contribution is 2.34. The summed E-state index contributed by atoms with van der Waals surface area (Å²) >= 11 is 5.73. The Hall–Kier alpha value is -2.59. The van der Waals surface area contributed by atoms with E-state index in [1.54, 1.807) is 13.0 Å². The molecule has 3 atom stereocenters. The van der Waals surface area contributed by atoms with Crippen molar-refractivity contribution in [2.24, 2.45) is 0 Å². The van der Waals surface area contributed by atoms with Crippen LogP contribution in [-0.4, -0.2) is 51.8 Å². The van der Waals surface area contributed by atoms with Crippen LogP contribution in [0.25, 0.3) is 0 Å². The van der Waals surface area contributed by atoms with Crippen molar-refractivity contribution in [1.82, 2.24) is 15.4 Å². The summed E-state index contributed by atoms with van der Waals surface area (Å²) in [4.78, 5) is 26.3. The van der Waals surface area contributed by atoms with E-state index in [2.05, 4.69) is 5.16 Å². The van der Waals surface area contributed by atoms with Crippen molar-refractivity contribution in [3.8, 4) is 0 Å². The topological polar surface area (TPSA) is 95.7 Å². The van der Waals surface area contributed by atoms with Gasteiger partial charge in [0, 0.05) is 24.1 Å². The number of nitrogens with one attached hydrogen (secondary N) is 1. The molecule has 1 aliphatic heterocycles. The van der Waals surface area contributed by atoms with Gasteiger partial charge in [-0.15, -0.1) is 0 Å². The predicted octanol–water partition coefficient (Wildman–Crippen LogP) is 2.56. The van der Waals surface area contributed by atoms with E-state index in [1.807, 2.05) is 5.32 Å². The quantitative estimate of drug-likeness (QED) is 0.737. The van der Waals surface area contributed by atoms with Crippen molar-refractivity contribution in [1.29, 1.82) is 0 Å². The van der Waals surface area contributed by atoms with Crippen LogP contribution in [0.15, 0.2) is 34.9 Å². The standard InChI is InChI=1S/C19H19ClF3N3O4/c1-10-6-14(30-25-10)8-16(28)26-9-13(27)7-15(26)18(29)24-17(19(21,22)23)11-2-4-12(20)5-3-11/h2-6,13,15,17,27H,7-9H2,1H3,(H,24,29). The van der Waals surface area contributed by atoms with Gasteiger partial charge in [0.25, 0.3) is 0 Å². The van der Waals surface area contributed by atoms with E-state index in [9.17, 15) is 27.9 Å². The maximum absolute atomic E-state index is 13.6. The number of alkyl halides is 3. The first-order valence-corrected chi connectivity index (χ1v) is 9.44. The summed E-state index contributed by atoms with van der Waals surface area (Å²) < 4.78 is 45.7. The summed E-state index contributed by atoms with van der Waals surface area (Å²) in [6.07, 6.45) is -6.19. The Labute approximate surface area is 174 Å². The lowest BCUT2D eigenvalue weighted by Gasteiger charge is -2.27. The third-order valence-electron chi connectivity index (χ3n) is 4.72. The number of aliphatic hydroxyl groups excluding tert-OH is 1. The van der Waals surface area contributed by atoms with E-state index in [1.165, 1.54) is 24.3 Å². The van der Waals surface area contributed by atoms with Crippen molar-refractivity contribution in [2.45, 2.75) is 44.1 Å². The van der Waals surface area contributed by atoms with E-state index in [4.69, 9.17) is 16.1 Å². The van der Waals surface area contributed by atoms with Gasteiger partial charge in [0.05, 0.1) is 18.2 Å². The molecule has 30 heavy (non-hydrogen) atoms. The number of aryl methyl sites for hydroxylation is 1. The van der Waals surface area contributed by atoms with Gasteiger partial charge in [-0.25, -0.2) is 0 Å². The molecule has 0 aliphatic carbocycles. The van der Waals surface area contributed by atoms with E-state index < -0.39 is 36.2 Å². The van der Waals surface area contributed by atoms with Crippen LogP contribution in [0, 0.1) is 6.92 Å². The van der Waals surface area contributed by atoms with Gasteiger partial charge >= 0.3 is 6.18 Å². The van der Waals surface area contributed by atoms with Crippen molar-refractivity contribution < 1.29 is 32.4 Å². The number of aromatic nitrogens is 1. The molecule has 0 bridgehead atoms. The minimum absolute atomic E-state index is 0.165. The molecule has 0 saturated carbocycles. The molecule has 11 heteroatoms. The first-order chi connectivity index (χ1) is 14.0. The van der Waals surface area contributed by atoms with Crippen LogP contribution in [0.2, 0.25) is 5.02 Å². The van der Waals surface area contributed by atoms with Crippen molar-refractivity contribution in [2.75, 3.05) is 6.54 Å². The second-order valence-corrected chi connectivity index (χ2v) is 7.53. The maximum Gasteiger partial charge on any atom is 0.412 e. The molecular weight excluding hydrogens is 427 g/mol. The summed E-state index contributed by atoms with van der Waals surface area (Å²) in [7, 11) is 0. The van der Waals surface area contributed by atoms with E-state index in [-0.39, 0.29) is 35.7 Å². The Morgan fingerprint density at radius 3 is 2.60 bits per heavy atom. The Bertz CT molecular complexity index is 916. The van der Waals surface area contributed by atoms with Crippen LogP contribution in [0.5, 0.6) is 0 Å². The minimum Gasteiger partial charge on any atom is -0.391 e. The van der Waals surface area contributed by atoms with Crippen LogP contribution in [-0.2, 0) is 16.0 Å². The molecule has 1 aliphatic rings. The number of carbonyl (C=O) groups excluding carboxylic acids is 2. The summed E-state index contributed by atoms with van der Waals surface area (Å²) in [5.41, 5.74) is 0.360. The molecule has 2 amide bonds. The van der Waals surface area contributed by atoms with Crippen molar-refractivity contribution >= 4 is 23.4 Å². The number of rotatable bonds is 5. The smallest absolute Gasteiger partial charge is 0.391 e. The Morgan fingerprint density at radius 1 is 1.37 bits per heavy atom. The number of β-amino-alcohol motifs (C(OH)–C–C–N with tert-alkyl or cyclic N) is 1. The van der Waals surface area contributed by atoms with Gasteiger partial charge in [-0.1, -0.05) is 28.9 Å². The zero-order valence-corrected chi connectivity index (χ0v) is 16.6. The lowest BCUT2D eigenvalue weighted by atomic mass is 10.1. The highest BCUT2D eigenvalue weighted by atomic mass is 35.5. The fraction of sp³-hybridized carbons (Fsp3) is 0.421. The molecule has 1 aromatic heterocycles. The Kier molecular flexibility index (Phi) is 6.37. The first kappa shape index (κ1) is 22.1. The first-order valence-electron chi connectivity index (χ1n) is 9.07. The molecule has 3 rings (SSSR count). The molecule has 3 unspecified atom stereocenters. The average Bonchev–Trinajstić information content (AvgIpc) is 3.25. The summed E-state index contributed by atoms with van der Waals surface area (Å²) in [5.74, 6) is -1.31. The highest BCUT2D eigenvalue weighted by Gasteiger charge is 2.45. The zero-order chi connectivity index (χ0) is 22.1. The molecule has 1 saturated heterocycles. The lowest BCUT2D eigenvalue weighted by Crippen LogP contribution is -2.49. The maximum atomic E-state index is 13.6. The van der Waals surface area contributed by atoms with Crippen LogP contribution >= 0.6 is 11.6 Å². The number of hydrogen-bond acceptors (Lipinski definition) is 5. The number of carbonyl (C=O) groups is 2. The number of nitrogens with zero attached hydrogens (tertiary/aromatic N) is 2. The van der Waals surface area contributed by atoms with Crippen molar-refractivity contribution in [3.63, 3.8) is 0 Å². The van der Waals surface area contributed by atoms with Gasteiger partial charge in [0.15, 0.2) is 6.04 Å². The third-order valence-corrected chi connectivity index (χ3v) is 4.97. The molecule has 2 aromatic rings.